The summed E-state index contributed by atoms with van der Waals surface area (Å²) >= 11 is 3.44. The van der Waals surface area contributed by atoms with Gasteiger partial charge < -0.3 is 5.32 Å². The smallest absolute Gasteiger partial charge is 0.224 e. The number of nitrogens with zero attached hydrogens (tertiary/aromatic N) is 1. The number of halogens is 1. The van der Waals surface area contributed by atoms with Crippen LogP contribution in [-0.2, 0) is 11.2 Å². The van der Waals surface area contributed by atoms with Crippen molar-refractivity contribution in [3.63, 3.8) is 0 Å². The number of fused-ring (bicyclic) bond motifs is 1. The van der Waals surface area contributed by atoms with Crippen molar-refractivity contribution in [1.82, 2.24) is 4.98 Å². The Bertz CT molecular complexity index is 817. The molecule has 110 valence electrons. The summed E-state index contributed by atoms with van der Waals surface area (Å²) < 4.78 is 1.03. The zero-order valence-corrected chi connectivity index (χ0v) is 13.5. The van der Waals surface area contributed by atoms with E-state index in [1.165, 1.54) is 0 Å². The Balaban J connectivity index is 1.63. The summed E-state index contributed by atoms with van der Waals surface area (Å²) in [6.07, 6.45) is 2.86. The number of aromatic nitrogens is 1. The third-order valence-electron chi connectivity index (χ3n) is 3.40. The standard InChI is InChI=1S/C18H15BrN2O/c19-15-6-3-4-13(10-15)8-9-18(22)21-16-11-14-5-1-2-7-17(14)20-12-16/h1-7,10-12H,8-9H2,(H,21,22). The first-order valence-corrected chi connectivity index (χ1v) is 7.89. The molecule has 0 radical (unpaired) electrons. The summed E-state index contributed by atoms with van der Waals surface area (Å²) in [6.45, 7) is 0. The van der Waals surface area contributed by atoms with Gasteiger partial charge in [-0.15, -0.1) is 0 Å². The number of para-hydroxylation sites is 1. The third kappa shape index (κ3) is 3.71. The Hall–Kier alpha value is -2.20. The summed E-state index contributed by atoms with van der Waals surface area (Å²) in [5.41, 5.74) is 2.80. The van der Waals surface area contributed by atoms with Crippen molar-refractivity contribution >= 4 is 38.4 Å². The number of hydrogen-bond acceptors (Lipinski definition) is 2. The summed E-state index contributed by atoms with van der Waals surface area (Å²) in [5.74, 6) is -0.00273. The van der Waals surface area contributed by atoms with Crippen LogP contribution in [0.2, 0.25) is 0 Å². The molecule has 0 saturated carbocycles. The van der Waals surface area contributed by atoms with Gasteiger partial charge in [0.15, 0.2) is 0 Å². The van der Waals surface area contributed by atoms with Crippen LogP contribution in [0.5, 0.6) is 0 Å². The molecule has 0 bridgehead atoms. The van der Waals surface area contributed by atoms with Crippen LogP contribution < -0.4 is 5.32 Å². The highest BCUT2D eigenvalue weighted by molar-refractivity contribution is 9.10. The fraction of sp³-hybridized carbons (Fsp3) is 0.111. The average Bonchev–Trinajstić information content (AvgIpc) is 2.53. The molecule has 1 aromatic heterocycles. The van der Waals surface area contributed by atoms with Crippen molar-refractivity contribution in [2.45, 2.75) is 12.8 Å². The Morgan fingerprint density at radius 2 is 1.95 bits per heavy atom. The van der Waals surface area contributed by atoms with E-state index in [2.05, 4.69) is 26.2 Å². The number of hydrogen-bond donors (Lipinski definition) is 1. The highest BCUT2D eigenvalue weighted by Crippen LogP contribution is 2.17. The monoisotopic (exact) mass is 354 g/mol. The molecule has 0 aliphatic heterocycles. The second kappa shape index (κ2) is 6.71. The van der Waals surface area contributed by atoms with Gasteiger partial charge in [-0.1, -0.05) is 46.3 Å². The summed E-state index contributed by atoms with van der Waals surface area (Å²) in [7, 11) is 0. The minimum Gasteiger partial charge on any atom is -0.325 e. The first-order chi connectivity index (χ1) is 10.7. The number of aryl methyl sites for hydroxylation is 1. The molecule has 0 unspecified atom stereocenters. The normalized spacial score (nSPS) is 10.6. The Labute approximate surface area is 137 Å². The maximum Gasteiger partial charge on any atom is 0.224 e. The third-order valence-corrected chi connectivity index (χ3v) is 3.90. The van der Waals surface area contributed by atoms with E-state index in [4.69, 9.17) is 0 Å². The van der Waals surface area contributed by atoms with Crippen LogP contribution in [0.1, 0.15) is 12.0 Å². The average molecular weight is 355 g/mol. The minimum atomic E-state index is -0.00273. The molecule has 0 saturated heterocycles. The quantitative estimate of drug-likeness (QED) is 0.745. The number of pyridine rings is 1. The van der Waals surface area contributed by atoms with Crippen LogP contribution in [0.3, 0.4) is 0 Å². The van der Waals surface area contributed by atoms with E-state index in [9.17, 15) is 4.79 Å². The second-order valence-corrected chi connectivity index (χ2v) is 6.01. The van der Waals surface area contributed by atoms with Gasteiger partial charge in [0.1, 0.15) is 0 Å². The van der Waals surface area contributed by atoms with Crippen LogP contribution in [0.25, 0.3) is 10.9 Å². The number of nitrogens with one attached hydrogen (secondary N) is 1. The lowest BCUT2D eigenvalue weighted by Crippen LogP contribution is -2.12. The molecule has 3 nitrogen and oxygen atoms in total. The van der Waals surface area contributed by atoms with Crippen molar-refractivity contribution < 1.29 is 4.79 Å². The number of anilines is 1. The van der Waals surface area contributed by atoms with Crippen molar-refractivity contribution in [2.24, 2.45) is 0 Å². The molecule has 4 heteroatoms. The predicted molar refractivity (Wildman–Crippen MR) is 92.8 cm³/mol. The van der Waals surface area contributed by atoms with Crippen LogP contribution in [0.15, 0.2) is 65.3 Å². The molecule has 0 atom stereocenters. The van der Waals surface area contributed by atoms with Crippen LogP contribution in [-0.4, -0.2) is 10.9 Å². The zero-order valence-electron chi connectivity index (χ0n) is 11.9. The highest BCUT2D eigenvalue weighted by Gasteiger charge is 2.05. The van der Waals surface area contributed by atoms with Crippen molar-refractivity contribution in [2.75, 3.05) is 5.32 Å². The lowest BCUT2D eigenvalue weighted by molar-refractivity contribution is -0.116. The first-order valence-electron chi connectivity index (χ1n) is 7.10. The number of carbonyl (C=O) groups excluding carboxylic acids is 1. The zero-order chi connectivity index (χ0) is 15.4. The van der Waals surface area contributed by atoms with Crippen LogP contribution in [0, 0.1) is 0 Å². The Morgan fingerprint density at radius 3 is 2.82 bits per heavy atom. The molecular formula is C18H15BrN2O. The second-order valence-electron chi connectivity index (χ2n) is 5.09. The molecule has 0 aliphatic rings. The molecule has 1 N–H and O–H groups in total. The van der Waals surface area contributed by atoms with E-state index >= 15 is 0 Å². The lowest BCUT2D eigenvalue weighted by Gasteiger charge is -2.06. The fourth-order valence-electron chi connectivity index (χ4n) is 2.31. The van der Waals surface area contributed by atoms with E-state index in [0.29, 0.717) is 12.8 Å². The summed E-state index contributed by atoms with van der Waals surface area (Å²) in [5, 5.41) is 3.93. The molecule has 0 fully saturated rings. The van der Waals surface area contributed by atoms with Gasteiger partial charge in [-0.25, -0.2) is 0 Å². The molecule has 0 aliphatic carbocycles. The van der Waals surface area contributed by atoms with Gasteiger partial charge >= 0.3 is 0 Å². The van der Waals surface area contributed by atoms with E-state index in [0.717, 1.165) is 26.6 Å². The maximum absolute atomic E-state index is 12.1. The van der Waals surface area contributed by atoms with Gasteiger partial charge in [0.2, 0.25) is 5.91 Å². The molecular weight excluding hydrogens is 340 g/mol. The van der Waals surface area contributed by atoms with Gasteiger partial charge in [0, 0.05) is 16.3 Å². The van der Waals surface area contributed by atoms with E-state index in [-0.39, 0.29) is 5.91 Å². The minimum absolute atomic E-state index is 0.00273. The van der Waals surface area contributed by atoms with Gasteiger partial charge in [-0.05, 0) is 36.2 Å². The van der Waals surface area contributed by atoms with Crippen LogP contribution >= 0.6 is 15.9 Å². The van der Waals surface area contributed by atoms with E-state index in [1.54, 1.807) is 6.20 Å². The van der Waals surface area contributed by atoms with E-state index in [1.807, 2.05) is 54.6 Å². The molecule has 0 spiro atoms. The molecule has 3 aromatic rings. The number of benzene rings is 2. The van der Waals surface area contributed by atoms with Gasteiger partial charge in [-0.3, -0.25) is 9.78 Å². The van der Waals surface area contributed by atoms with Crippen molar-refractivity contribution in [3.05, 3.63) is 70.8 Å². The topological polar surface area (TPSA) is 42.0 Å². The highest BCUT2D eigenvalue weighted by atomic mass is 79.9. The van der Waals surface area contributed by atoms with Crippen molar-refractivity contribution in [1.29, 1.82) is 0 Å². The molecule has 22 heavy (non-hydrogen) atoms. The van der Waals surface area contributed by atoms with Crippen LogP contribution in [0.4, 0.5) is 5.69 Å². The van der Waals surface area contributed by atoms with Gasteiger partial charge in [0.25, 0.3) is 0 Å². The largest absolute Gasteiger partial charge is 0.325 e. The van der Waals surface area contributed by atoms with Crippen molar-refractivity contribution in [3.8, 4) is 0 Å². The molecule has 3 rings (SSSR count). The molecule has 1 amide bonds. The number of amides is 1. The number of carbonyl (C=O) groups is 1. The lowest BCUT2D eigenvalue weighted by atomic mass is 10.1. The Morgan fingerprint density at radius 1 is 1.09 bits per heavy atom. The maximum atomic E-state index is 12.1. The number of rotatable bonds is 4. The fourth-order valence-corrected chi connectivity index (χ4v) is 2.76. The molecule has 1 heterocycles. The Kier molecular flexibility index (Phi) is 4.49. The summed E-state index contributed by atoms with van der Waals surface area (Å²) in [6, 6.07) is 17.8. The van der Waals surface area contributed by atoms with E-state index < -0.39 is 0 Å². The predicted octanol–water partition coefficient (Wildman–Crippen LogP) is 4.57. The van der Waals surface area contributed by atoms with Gasteiger partial charge in [-0.2, -0.15) is 0 Å². The SMILES string of the molecule is O=C(CCc1cccc(Br)c1)Nc1cnc2ccccc2c1. The summed E-state index contributed by atoms with van der Waals surface area (Å²) in [4.78, 5) is 16.4. The molecule has 2 aromatic carbocycles. The first kappa shape index (κ1) is 14.7. The van der Waals surface area contributed by atoms with Gasteiger partial charge in [0.05, 0.1) is 17.4 Å².